The van der Waals surface area contributed by atoms with Gasteiger partial charge < -0.3 is 13.6 Å². The van der Waals surface area contributed by atoms with Gasteiger partial charge in [-0.15, -0.1) is 5.10 Å². The molecule has 1 amide bonds. The molecule has 0 saturated carbocycles. The molecule has 0 saturated heterocycles. The lowest BCUT2D eigenvalue weighted by molar-refractivity contribution is -0.114. The van der Waals surface area contributed by atoms with E-state index in [4.69, 9.17) is 13.6 Å². The fourth-order valence-electron chi connectivity index (χ4n) is 2.42. The Kier molecular flexibility index (Phi) is 5.00. The highest BCUT2D eigenvalue weighted by atomic mass is 32.2. The number of anilines is 1. The van der Waals surface area contributed by atoms with Crippen LogP contribution in [0.25, 0.3) is 11.5 Å². The maximum atomic E-state index is 12.3. The minimum absolute atomic E-state index is 0.00849. The minimum atomic E-state index is -3.83. The molecule has 0 radical (unpaired) electrons. The molecule has 0 aliphatic rings. The minimum Gasteiger partial charge on any atom is -0.497 e. The van der Waals surface area contributed by atoms with Crippen molar-refractivity contribution in [3.8, 4) is 17.2 Å². The predicted octanol–water partition coefficient (Wildman–Crippen LogP) is 2.37. The molecule has 1 aromatic carbocycles. The van der Waals surface area contributed by atoms with Gasteiger partial charge in [-0.2, -0.15) is 0 Å². The quantitative estimate of drug-likeness (QED) is 0.679. The van der Waals surface area contributed by atoms with Gasteiger partial charge in [-0.25, -0.2) is 8.42 Å². The predicted molar refractivity (Wildman–Crippen MR) is 95.2 cm³/mol. The number of aryl methyl sites for hydroxylation is 2. The molecule has 0 bridgehead atoms. The van der Waals surface area contributed by atoms with Gasteiger partial charge in [0.15, 0.2) is 9.84 Å². The molecule has 0 aliphatic heterocycles. The van der Waals surface area contributed by atoms with Crippen LogP contribution in [0.4, 0.5) is 6.01 Å². The number of carbonyl (C=O) groups is 1. The van der Waals surface area contributed by atoms with Crippen molar-refractivity contribution in [3.05, 3.63) is 41.9 Å². The third kappa shape index (κ3) is 4.17. The number of hydrogen-bond donors (Lipinski definition) is 1. The molecule has 142 valence electrons. The van der Waals surface area contributed by atoms with Gasteiger partial charge in [0.1, 0.15) is 23.0 Å². The molecule has 0 atom stereocenters. The molecular formula is C17H17N3O6S. The van der Waals surface area contributed by atoms with Crippen molar-refractivity contribution in [3.63, 3.8) is 0 Å². The van der Waals surface area contributed by atoms with Crippen molar-refractivity contribution >= 4 is 21.8 Å². The fraction of sp³-hybridized carbons (Fsp3) is 0.235. The zero-order valence-corrected chi connectivity index (χ0v) is 15.7. The van der Waals surface area contributed by atoms with Crippen LogP contribution < -0.4 is 10.1 Å². The van der Waals surface area contributed by atoms with E-state index < -0.39 is 21.5 Å². The number of amides is 1. The zero-order chi connectivity index (χ0) is 19.6. The van der Waals surface area contributed by atoms with Crippen LogP contribution in [0.2, 0.25) is 0 Å². The van der Waals surface area contributed by atoms with Crippen molar-refractivity contribution < 1.29 is 26.8 Å². The summed E-state index contributed by atoms with van der Waals surface area (Å²) in [4.78, 5) is 12.1. The van der Waals surface area contributed by atoms with Crippen molar-refractivity contribution in [1.82, 2.24) is 10.2 Å². The van der Waals surface area contributed by atoms with E-state index >= 15 is 0 Å². The van der Waals surface area contributed by atoms with Gasteiger partial charge in [0.25, 0.3) is 5.89 Å². The molecule has 0 fully saturated rings. The second-order valence-corrected chi connectivity index (χ2v) is 7.71. The van der Waals surface area contributed by atoms with Gasteiger partial charge in [-0.1, -0.05) is 5.10 Å². The van der Waals surface area contributed by atoms with Gasteiger partial charge in [-0.3, -0.25) is 10.1 Å². The number of furan rings is 1. The van der Waals surface area contributed by atoms with Gasteiger partial charge in [0.2, 0.25) is 5.91 Å². The number of aromatic nitrogens is 2. The van der Waals surface area contributed by atoms with Crippen molar-refractivity contribution in [2.75, 3.05) is 18.2 Å². The summed E-state index contributed by atoms with van der Waals surface area (Å²) in [7, 11) is -2.35. The lowest BCUT2D eigenvalue weighted by Gasteiger charge is -2.05. The molecule has 3 aromatic rings. The van der Waals surface area contributed by atoms with Crippen LogP contribution in [0.5, 0.6) is 5.75 Å². The van der Waals surface area contributed by atoms with Crippen LogP contribution in [-0.4, -0.2) is 37.4 Å². The highest BCUT2D eigenvalue weighted by Gasteiger charge is 2.22. The number of nitrogens with zero attached hydrogens (tertiary/aromatic N) is 2. The lowest BCUT2D eigenvalue weighted by atomic mass is 10.2. The Bertz CT molecular complexity index is 1070. The monoisotopic (exact) mass is 391 g/mol. The van der Waals surface area contributed by atoms with E-state index in [2.05, 4.69) is 15.5 Å². The summed E-state index contributed by atoms with van der Waals surface area (Å²) >= 11 is 0. The molecule has 2 heterocycles. The van der Waals surface area contributed by atoms with Crippen molar-refractivity contribution in [2.24, 2.45) is 0 Å². The van der Waals surface area contributed by atoms with Crippen LogP contribution in [0, 0.1) is 13.8 Å². The molecule has 2 aromatic heterocycles. The molecular weight excluding hydrogens is 374 g/mol. The normalized spacial score (nSPS) is 11.4. The second kappa shape index (κ2) is 7.23. The third-order valence-corrected chi connectivity index (χ3v) is 5.32. The Morgan fingerprint density at radius 1 is 1.15 bits per heavy atom. The van der Waals surface area contributed by atoms with Crippen LogP contribution in [0.15, 0.2) is 44.1 Å². The van der Waals surface area contributed by atoms with Crippen molar-refractivity contribution in [2.45, 2.75) is 18.7 Å². The van der Waals surface area contributed by atoms with Gasteiger partial charge >= 0.3 is 6.01 Å². The summed E-state index contributed by atoms with van der Waals surface area (Å²) in [6.07, 6.45) is 0. The second-order valence-electron chi connectivity index (χ2n) is 5.72. The van der Waals surface area contributed by atoms with E-state index in [0.29, 0.717) is 22.8 Å². The number of nitrogens with one attached hydrogen (secondary N) is 1. The highest BCUT2D eigenvalue weighted by Crippen LogP contribution is 2.26. The van der Waals surface area contributed by atoms with Gasteiger partial charge in [-0.05, 0) is 44.2 Å². The van der Waals surface area contributed by atoms with Crippen molar-refractivity contribution in [1.29, 1.82) is 0 Å². The van der Waals surface area contributed by atoms with Crippen LogP contribution in [-0.2, 0) is 14.6 Å². The smallest absolute Gasteiger partial charge is 0.322 e. The lowest BCUT2D eigenvalue weighted by Crippen LogP contribution is -2.23. The molecule has 0 spiro atoms. The number of sulfone groups is 1. The number of ether oxygens (including phenoxy) is 1. The van der Waals surface area contributed by atoms with E-state index in [-0.39, 0.29) is 16.8 Å². The summed E-state index contributed by atoms with van der Waals surface area (Å²) in [5.74, 6) is 0.397. The van der Waals surface area contributed by atoms with E-state index in [1.54, 1.807) is 19.9 Å². The standard InChI is InChI=1S/C17H17N3O6S/c1-10-8-14(11(2)25-10)16-19-20-17(26-16)18-15(21)9-27(22,23)13-6-4-12(24-3)5-7-13/h4-8H,9H2,1-3H3,(H,18,20,21). The average Bonchev–Trinajstić information content (AvgIpc) is 3.20. The summed E-state index contributed by atoms with van der Waals surface area (Å²) in [5, 5.41) is 9.83. The first-order chi connectivity index (χ1) is 12.8. The summed E-state index contributed by atoms with van der Waals surface area (Å²) in [6, 6.07) is 7.28. The van der Waals surface area contributed by atoms with Gasteiger partial charge in [0.05, 0.1) is 17.6 Å². The highest BCUT2D eigenvalue weighted by molar-refractivity contribution is 7.92. The molecule has 9 nitrogen and oxygen atoms in total. The Labute approximate surface area is 155 Å². The Balaban J connectivity index is 1.69. The van der Waals surface area contributed by atoms with E-state index in [1.165, 1.54) is 31.4 Å². The summed E-state index contributed by atoms with van der Waals surface area (Å²) in [6.45, 7) is 3.52. The van der Waals surface area contributed by atoms with E-state index in [9.17, 15) is 13.2 Å². The molecule has 1 N–H and O–H groups in total. The summed E-state index contributed by atoms with van der Waals surface area (Å²) in [5.41, 5.74) is 0.603. The molecule has 0 aliphatic carbocycles. The zero-order valence-electron chi connectivity index (χ0n) is 14.8. The van der Waals surface area contributed by atoms with Crippen LogP contribution >= 0.6 is 0 Å². The SMILES string of the molecule is COc1ccc(S(=O)(=O)CC(=O)Nc2nnc(-c3cc(C)oc3C)o2)cc1. The number of hydrogen-bond acceptors (Lipinski definition) is 8. The largest absolute Gasteiger partial charge is 0.497 e. The first-order valence-corrected chi connectivity index (χ1v) is 9.51. The molecule has 3 rings (SSSR count). The van der Waals surface area contributed by atoms with Crippen LogP contribution in [0.1, 0.15) is 11.5 Å². The molecule has 10 heteroatoms. The Morgan fingerprint density at radius 3 is 2.44 bits per heavy atom. The number of methoxy groups -OCH3 is 1. The van der Waals surface area contributed by atoms with E-state index in [0.717, 1.165) is 0 Å². The molecule has 0 unspecified atom stereocenters. The number of benzene rings is 1. The third-order valence-electron chi connectivity index (χ3n) is 3.68. The Morgan fingerprint density at radius 2 is 1.85 bits per heavy atom. The van der Waals surface area contributed by atoms with Crippen LogP contribution in [0.3, 0.4) is 0 Å². The van der Waals surface area contributed by atoms with E-state index in [1.807, 2.05) is 0 Å². The average molecular weight is 391 g/mol. The number of rotatable bonds is 6. The molecule has 27 heavy (non-hydrogen) atoms. The maximum absolute atomic E-state index is 12.3. The topological polar surface area (TPSA) is 125 Å². The summed E-state index contributed by atoms with van der Waals surface area (Å²) < 4.78 is 40.4. The first-order valence-electron chi connectivity index (χ1n) is 7.86. The first kappa shape index (κ1) is 18.6. The maximum Gasteiger partial charge on any atom is 0.322 e. The van der Waals surface area contributed by atoms with Gasteiger partial charge in [0, 0.05) is 0 Å². The fourth-order valence-corrected chi connectivity index (χ4v) is 3.55. The number of carbonyl (C=O) groups excluding carboxylic acids is 1. The Hall–Kier alpha value is -3.14.